The van der Waals surface area contributed by atoms with E-state index in [0.717, 1.165) is 7.11 Å². The molecule has 15 heavy (non-hydrogen) atoms. The van der Waals surface area contributed by atoms with Gasteiger partial charge in [0, 0.05) is 132 Å². The van der Waals surface area contributed by atoms with Crippen LogP contribution in [0.4, 0.5) is 0 Å². The number of ether oxygens (including phenoxy) is 1. The van der Waals surface area contributed by atoms with Crippen molar-refractivity contribution in [3.05, 3.63) is 0 Å². The first-order valence-corrected chi connectivity index (χ1v) is 3.27. The number of aliphatic hydroxyl groups is 4. The fourth-order valence-electron chi connectivity index (χ4n) is 0.579. The van der Waals surface area contributed by atoms with Gasteiger partial charge < -0.3 is 25.2 Å². The molecule has 3 unspecified atom stereocenters. The Labute approximate surface area is 195 Å². The van der Waals surface area contributed by atoms with Gasteiger partial charge in [0.15, 0.2) is 6.10 Å². The molecule has 0 aromatic rings. The van der Waals surface area contributed by atoms with Crippen molar-refractivity contribution in [3.8, 4) is 0 Å². The van der Waals surface area contributed by atoms with Gasteiger partial charge in [-0.15, -0.1) is 0 Å². The minimum Gasteiger partial charge on any atom is -0.467 e. The van der Waals surface area contributed by atoms with E-state index in [4.69, 9.17) is 20.4 Å². The van der Waals surface area contributed by atoms with Crippen LogP contribution in [0.3, 0.4) is 0 Å². The first kappa shape index (κ1) is 27.1. The summed E-state index contributed by atoms with van der Waals surface area (Å²) in [6.45, 7) is -0.741. The number of hydrogen-bond acceptors (Lipinski definition) is 6. The van der Waals surface area contributed by atoms with Crippen LogP contribution in [0.5, 0.6) is 0 Å². The van der Waals surface area contributed by atoms with Crippen LogP contribution in [-0.4, -0.2) is 58.4 Å². The Kier molecular flexibility index (Phi) is 28.3. The second kappa shape index (κ2) is 15.7. The molecule has 0 fully saturated rings. The molecule has 0 saturated carbocycles. The monoisotopic (exact) mass is 861 g/mol. The maximum absolute atomic E-state index is 10.5. The fraction of sp³-hybridized carbons (Fsp3) is 0.833. The molecule has 0 amide bonds. The first-order valence-electron chi connectivity index (χ1n) is 3.27. The molecule has 6 nitrogen and oxygen atoms in total. The number of carbonyl (C=O) groups is 1. The average Bonchev–Trinajstić information content (AvgIpc) is 2.12. The van der Waals surface area contributed by atoms with Crippen molar-refractivity contribution >= 4 is 5.97 Å². The minimum atomic E-state index is -1.84. The first-order chi connectivity index (χ1) is 5.54. The fourth-order valence-corrected chi connectivity index (χ4v) is 0.579. The Morgan fingerprint density at radius 2 is 1.60 bits per heavy atom. The largest absolute Gasteiger partial charge is 0.467 e. The quantitative estimate of drug-likeness (QED) is 0.229. The van der Waals surface area contributed by atoms with E-state index in [2.05, 4.69) is 4.74 Å². The van der Waals surface area contributed by atoms with Crippen LogP contribution in [0, 0.1) is 132 Å². The number of esters is 1. The van der Waals surface area contributed by atoms with Crippen molar-refractivity contribution in [2.75, 3.05) is 13.7 Å². The van der Waals surface area contributed by atoms with Gasteiger partial charge in [0.2, 0.25) is 0 Å². The van der Waals surface area contributed by atoms with E-state index in [1.54, 1.807) is 0 Å². The molecule has 3 radical (unpaired) electrons. The summed E-state index contributed by atoms with van der Waals surface area (Å²) in [7, 11) is 1.03. The second-order valence-electron chi connectivity index (χ2n) is 2.21. The van der Waals surface area contributed by atoms with Crippen LogP contribution in [0.25, 0.3) is 0 Å². The zero-order chi connectivity index (χ0) is 9.72. The molecular formula is C6H12Ac3O6. The maximum Gasteiger partial charge on any atom is 0.337 e. The van der Waals surface area contributed by atoms with Gasteiger partial charge in [0.25, 0.3) is 0 Å². The van der Waals surface area contributed by atoms with E-state index >= 15 is 0 Å². The van der Waals surface area contributed by atoms with E-state index < -0.39 is 30.9 Å². The molecule has 0 aliphatic rings. The van der Waals surface area contributed by atoms with Gasteiger partial charge in [-0.2, -0.15) is 0 Å². The number of carbonyl (C=O) groups excluding carboxylic acids is 1. The van der Waals surface area contributed by atoms with Gasteiger partial charge in [0.1, 0.15) is 12.2 Å². The average molecular weight is 861 g/mol. The van der Waals surface area contributed by atoms with Gasteiger partial charge >= 0.3 is 5.97 Å². The van der Waals surface area contributed by atoms with Crippen LogP contribution in [-0.2, 0) is 9.53 Å². The van der Waals surface area contributed by atoms with Crippen LogP contribution in [0.15, 0.2) is 0 Å². The molecule has 0 spiro atoms. The third-order valence-corrected chi connectivity index (χ3v) is 1.35. The predicted octanol–water partition coefficient (Wildman–Crippen LogP) is -2.77. The third kappa shape index (κ3) is 11.2. The molecule has 0 heterocycles. The Balaban J connectivity index is -0.000000202. The van der Waals surface area contributed by atoms with Crippen molar-refractivity contribution in [2.45, 2.75) is 18.3 Å². The Morgan fingerprint density at radius 3 is 1.87 bits per heavy atom. The Bertz CT molecular complexity index is 158. The van der Waals surface area contributed by atoms with Gasteiger partial charge in [-0.3, -0.25) is 0 Å². The molecule has 3 atom stereocenters. The van der Waals surface area contributed by atoms with Crippen molar-refractivity contribution in [3.63, 3.8) is 0 Å². The van der Waals surface area contributed by atoms with Crippen LogP contribution < -0.4 is 0 Å². The molecule has 0 aromatic heterocycles. The molecule has 0 bridgehead atoms. The molecule has 0 aliphatic heterocycles. The summed E-state index contributed by atoms with van der Waals surface area (Å²) in [5, 5.41) is 34.9. The van der Waals surface area contributed by atoms with Crippen molar-refractivity contribution in [1.82, 2.24) is 0 Å². The standard InChI is InChI=1S/C6H12O6.3Ac/c1-12-6(11)5(10)4(9)3(8)2-7;;;/h3-5,7-10H,2H2,1H3;;;. The normalized spacial score (nSPS) is 14.5. The van der Waals surface area contributed by atoms with Crippen molar-refractivity contribution < 1.29 is 162 Å². The smallest absolute Gasteiger partial charge is 0.337 e. The number of rotatable bonds is 4. The topological polar surface area (TPSA) is 107 Å². The molecule has 0 aromatic carbocycles. The Morgan fingerprint density at radius 1 is 1.20 bits per heavy atom. The predicted molar refractivity (Wildman–Crippen MR) is 37.1 cm³/mol. The summed E-state index contributed by atoms with van der Waals surface area (Å²) in [6, 6.07) is 0. The zero-order valence-electron chi connectivity index (χ0n) is 8.28. The summed E-state index contributed by atoms with van der Waals surface area (Å²) < 4.78 is 4.09. The van der Waals surface area contributed by atoms with E-state index in [0.29, 0.717) is 0 Å². The number of methoxy groups -OCH3 is 1. The van der Waals surface area contributed by atoms with E-state index in [1.165, 1.54) is 0 Å². The van der Waals surface area contributed by atoms with E-state index in [-0.39, 0.29) is 132 Å². The minimum absolute atomic E-state index is 0. The molecule has 0 saturated heterocycles. The number of hydrogen-bond donors (Lipinski definition) is 4. The molecule has 0 aliphatic carbocycles. The maximum atomic E-state index is 10.5. The van der Waals surface area contributed by atoms with Crippen LogP contribution in [0.1, 0.15) is 0 Å². The van der Waals surface area contributed by atoms with Crippen molar-refractivity contribution in [2.24, 2.45) is 0 Å². The van der Waals surface area contributed by atoms with Crippen molar-refractivity contribution in [1.29, 1.82) is 0 Å². The summed E-state index contributed by atoms with van der Waals surface area (Å²) in [5.74, 6) is -1.06. The van der Waals surface area contributed by atoms with Crippen LogP contribution >= 0.6 is 0 Å². The summed E-state index contributed by atoms with van der Waals surface area (Å²) >= 11 is 0. The molecule has 81 valence electrons. The van der Waals surface area contributed by atoms with E-state index in [9.17, 15) is 4.79 Å². The summed E-state index contributed by atoms with van der Waals surface area (Å²) in [6.07, 6.45) is -5.13. The van der Waals surface area contributed by atoms with E-state index in [1.807, 2.05) is 0 Å². The summed E-state index contributed by atoms with van der Waals surface area (Å²) in [4.78, 5) is 10.5. The van der Waals surface area contributed by atoms with Gasteiger partial charge in [-0.05, 0) is 0 Å². The van der Waals surface area contributed by atoms with Crippen LogP contribution in [0.2, 0.25) is 0 Å². The SMILES string of the molecule is COC(=O)C(O)C(O)C(O)CO.[Ac].[Ac].[Ac]. The second-order valence-corrected chi connectivity index (χ2v) is 2.21. The molecule has 4 N–H and O–H groups in total. The molecule has 9 heteroatoms. The van der Waals surface area contributed by atoms with Gasteiger partial charge in [0.05, 0.1) is 13.7 Å². The number of aliphatic hydroxyl groups excluding tert-OH is 4. The zero-order valence-corrected chi connectivity index (χ0v) is 22.5. The Hall–Kier alpha value is 3.63. The summed E-state index contributed by atoms with van der Waals surface area (Å²) in [5.41, 5.74) is 0. The van der Waals surface area contributed by atoms with Gasteiger partial charge in [-0.25, -0.2) is 4.79 Å². The third-order valence-electron chi connectivity index (χ3n) is 1.35. The molecular weight excluding hydrogens is 849 g/mol. The van der Waals surface area contributed by atoms with Gasteiger partial charge in [-0.1, -0.05) is 0 Å². The molecule has 0 rings (SSSR count).